The van der Waals surface area contributed by atoms with Crippen LogP contribution >= 0.6 is 24.0 Å². The summed E-state index contributed by atoms with van der Waals surface area (Å²) < 4.78 is 34.9. The molecule has 1 heterocycles. The van der Waals surface area contributed by atoms with E-state index in [1.165, 1.54) is 6.07 Å². The second-order valence-electron chi connectivity index (χ2n) is 5.50. The summed E-state index contributed by atoms with van der Waals surface area (Å²) in [5.74, 6) is 1.54. The lowest BCUT2D eigenvalue weighted by atomic mass is 10.1. The first-order valence-corrected chi connectivity index (χ1v) is 8.52. The molecule has 0 atom stereocenters. The van der Waals surface area contributed by atoms with Gasteiger partial charge >= 0.3 is 6.61 Å². The lowest BCUT2D eigenvalue weighted by Crippen LogP contribution is -2.36. The predicted molar refractivity (Wildman–Crippen MR) is 111 cm³/mol. The summed E-state index contributed by atoms with van der Waals surface area (Å²) in [7, 11) is 1.64. The number of hydrogen-bond donors (Lipinski definition) is 2. The van der Waals surface area contributed by atoms with Gasteiger partial charge in [0.25, 0.3) is 0 Å². The van der Waals surface area contributed by atoms with Crippen LogP contribution in [0.3, 0.4) is 0 Å². The van der Waals surface area contributed by atoms with Gasteiger partial charge in [-0.2, -0.15) is 8.78 Å². The molecule has 150 valence electrons. The molecule has 1 aromatic heterocycles. The fourth-order valence-corrected chi connectivity index (χ4v) is 2.57. The molecule has 0 aliphatic rings. The van der Waals surface area contributed by atoms with Crippen molar-refractivity contribution in [2.45, 2.75) is 46.4 Å². The quantitative estimate of drug-likeness (QED) is 0.331. The van der Waals surface area contributed by atoms with E-state index in [1.54, 1.807) is 25.2 Å². The molecule has 1 aromatic carbocycles. The molecule has 0 spiro atoms. The molecule has 0 unspecified atom stereocenters. The van der Waals surface area contributed by atoms with Gasteiger partial charge in [0.05, 0.1) is 5.69 Å². The van der Waals surface area contributed by atoms with Crippen molar-refractivity contribution >= 4 is 29.9 Å². The summed E-state index contributed by atoms with van der Waals surface area (Å²) in [6, 6.07) is 6.66. The molecule has 0 radical (unpaired) electrons. The Morgan fingerprint density at radius 3 is 2.52 bits per heavy atom. The highest BCUT2D eigenvalue weighted by atomic mass is 127. The summed E-state index contributed by atoms with van der Waals surface area (Å²) >= 11 is 0. The molecule has 27 heavy (non-hydrogen) atoms. The molecule has 0 bridgehead atoms. The maximum Gasteiger partial charge on any atom is 0.387 e. The summed E-state index contributed by atoms with van der Waals surface area (Å²) in [4.78, 5) is 4.16. The van der Waals surface area contributed by atoms with Gasteiger partial charge in [-0.25, -0.2) is 0 Å². The maximum atomic E-state index is 12.5. The van der Waals surface area contributed by atoms with Crippen molar-refractivity contribution in [1.29, 1.82) is 0 Å². The second kappa shape index (κ2) is 11.7. The van der Waals surface area contributed by atoms with Gasteiger partial charge in [0.15, 0.2) is 5.96 Å². The standard InChI is InChI=1S/C18H24F2N4O2.HI/c1-4-14-13(15(5-2)26-24-14)11-23-18(21-3)22-10-12-8-6-7-9-16(12)25-17(19)20;/h6-9,17H,4-5,10-11H2,1-3H3,(H2,21,22,23);1H. The van der Waals surface area contributed by atoms with Crippen molar-refractivity contribution < 1.29 is 18.0 Å². The van der Waals surface area contributed by atoms with E-state index >= 15 is 0 Å². The van der Waals surface area contributed by atoms with Crippen molar-refractivity contribution in [2.75, 3.05) is 7.05 Å². The lowest BCUT2D eigenvalue weighted by Gasteiger charge is -2.14. The smallest absolute Gasteiger partial charge is 0.387 e. The zero-order valence-electron chi connectivity index (χ0n) is 15.6. The van der Waals surface area contributed by atoms with E-state index in [1.807, 2.05) is 13.8 Å². The zero-order valence-corrected chi connectivity index (χ0v) is 17.9. The Balaban J connectivity index is 0.00000364. The van der Waals surface area contributed by atoms with Crippen LogP contribution in [0.5, 0.6) is 5.75 Å². The predicted octanol–water partition coefficient (Wildman–Crippen LogP) is 3.88. The van der Waals surface area contributed by atoms with E-state index in [0.717, 1.165) is 29.9 Å². The van der Waals surface area contributed by atoms with Gasteiger partial charge in [0.2, 0.25) is 0 Å². The molecule has 0 aliphatic carbocycles. The highest BCUT2D eigenvalue weighted by Crippen LogP contribution is 2.20. The molecule has 9 heteroatoms. The number of aliphatic imine (C=N–C) groups is 1. The number of alkyl halides is 2. The van der Waals surface area contributed by atoms with Crippen LogP contribution in [-0.4, -0.2) is 24.8 Å². The Bertz CT molecular complexity index is 716. The zero-order chi connectivity index (χ0) is 18.9. The van der Waals surface area contributed by atoms with Crippen molar-refractivity contribution in [3.05, 3.63) is 46.8 Å². The number of rotatable bonds is 8. The van der Waals surface area contributed by atoms with Crippen LogP contribution in [0.1, 0.15) is 36.4 Å². The second-order valence-corrected chi connectivity index (χ2v) is 5.50. The van der Waals surface area contributed by atoms with Crippen LogP contribution in [0.4, 0.5) is 8.78 Å². The Morgan fingerprint density at radius 2 is 1.89 bits per heavy atom. The molecule has 0 saturated heterocycles. The number of para-hydroxylation sites is 1. The summed E-state index contributed by atoms with van der Waals surface area (Å²) in [6.07, 6.45) is 1.54. The molecule has 0 amide bonds. The van der Waals surface area contributed by atoms with Crippen LogP contribution in [0.25, 0.3) is 0 Å². The molecular weight excluding hydrogens is 469 g/mol. The number of halogens is 3. The van der Waals surface area contributed by atoms with E-state index in [4.69, 9.17) is 4.52 Å². The maximum absolute atomic E-state index is 12.5. The number of aryl methyl sites for hydroxylation is 2. The minimum absolute atomic E-state index is 0. The van der Waals surface area contributed by atoms with Crippen molar-refractivity contribution in [1.82, 2.24) is 15.8 Å². The minimum Gasteiger partial charge on any atom is -0.434 e. The summed E-state index contributed by atoms with van der Waals surface area (Å²) in [5, 5.41) is 10.4. The number of guanidine groups is 1. The lowest BCUT2D eigenvalue weighted by molar-refractivity contribution is -0.0504. The van der Waals surface area contributed by atoms with Gasteiger partial charge in [-0.15, -0.1) is 24.0 Å². The number of aromatic nitrogens is 1. The van der Waals surface area contributed by atoms with Gasteiger partial charge < -0.3 is 19.9 Å². The van der Waals surface area contributed by atoms with E-state index in [-0.39, 0.29) is 29.7 Å². The number of ether oxygens (including phenoxy) is 1. The first-order chi connectivity index (χ1) is 12.6. The molecule has 0 aliphatic heterocycles. The average molecular weight is 494 g/mol. The number of nitrogens with zero attached hydrogens (tertiary/aromatic N) is 2. The molecule has 0 fully saturated rings. The normalized spacial score (nSPS) is 11.3. The summed E-state index contributed by atoms with van der Waals surface area (Å²) in [5.41, 5.74) is 2.56. The molecular formula is C18H25F2IN4O2. The van der Waals surface area contributed by atoms with Gasteiger partial charge in [-0.3, -0.25) is 4.99 Å². The molecule has 2 N–H and O–H groups in total. The Labute approximate surface area is 174 Å². The molecule has 6 nitrogen and oxygen atoms in total. The van der Waals surface area contributed by atoms with Crippen molar-refractivity contribution in [3.8, 4) is 5.75 Å². The molecule has 2 aromatic rings. The first-order valence-electron chi connectivity index (χ1n) is 8.52. The van der Waals surface area contributed by atoms with E-state index in [9.17, 15) is 8.78 Å². The van der Waals surface area contributed by atoms with Gasteiger partial charge in [0.1, 0.15) is 11.5 Å². The minimum atomic E-state index is -2.86. The molecule has 2 rings (SSSR count). The van der Waals surface area contributed by atoms with Crippen LogP contribution in [-0.2, 0) is 25.9 Å². The fraction of sp³-hybridized carbons (Fsp3) is 0.444. The topological polar surface area (TPSA) is 71.7 Å². The van der Waals surface area contributed by atoms with Crippen LogP contribution in [0, 0.1) is 0 Å². The third kappa shape index (κ3) is 6.64. The number of benzene rings is 1. The average Bonchev–Trinajstić information content (AvgIpc) is 3.04. The van der Waals surface area contributed by atoms with Crippen molar-refractivity contribution in [2.24, 2.45) is 4.99 Å². The molecule has 0 saturated carbocycles. The van der Waals surface area contributed by atoms with Crippen LogP contribution in [0.2, 0.25) is 0 Å². The van der Waals surface area contributed by atoms with Gasteiger partial charge in [-0.05, 0) is 12.5 Å². The van der Waals surface area contributed by atoms with Gasteiger partial charge in [-0.1, -0.05) is 37.2 Å². The van der Waals surface area contributed by atoms with Crippen LogP contribution < -0.4 is 15.4 Å². The highest BCUT2D eigenvalue weighted by molar-refractivity contribution is 14.0. The number of nitrogens with one attached hydrogen (secondary N) is 2. The van der Waals surface area contributed by atoms with E-state index < -0.39 is 6.61 Å². The summed E-state index contributed by atoms with van der Waals surface area (Å²) in [6.45, 7) is 1.99. The van der Waals surface area contributed by atoms with E-state index in [2.05, 4.69) is 25.5 Å². The Morgan fingerprint density at radius 1 is 1.19 bits per heavy atom. The van der Waals surface area contributed by atoms with Crippen LogP contribution in [0.15, 0.2) is 33.8 Å². The largest absolute Gasteiger partial charge is 0.434 e. The monoisotopic (exact) mass is 494 g/mol. The third-order valence-electron chi connectivity index (χ3n) is 3.90. The fourth-order valence-electron chi connectivity index (χ4n) is 2.57. The Hall–Kier alpha value is -1.91. The Kier molecular flexibility index (Phi) is 10.0. The van der Waals surface area contributed by atoms with E-state index in [0.29, 0.717) is 24.6 Å². The highest BCUT2D eigenvalue weighted by Gasteiger charge is 2.14. The van der Waals surface area contributed by atoms with Crippen molar-refractivity contribution in [3.63, 3.8) is 0 Å². The number of hydrogen-bond acceptors (Lipinski definition) is 4. The van der Waals surface area contributed by atoms with Gasteiger partial charge in [0, 0.05) is 37.7 Å². The third-order valence-corrected chi connectivity index (χ3v) is 3.90. The first kappa shape index (κ1) is 23.1. The SMILES string of the molecule is CCc1noc(CC)c1CNC(=NC)NCc1ccccc1OC(F)F.I.